The van der Waals surface area contributed by atoms with Gasteiger partial charge in [0.25, 0.3) is 0 Å². The molecule has 228 valence electrons. The quantitative estimate of drug-likeness (QED) is 0.191. The molecule has 0 aliphatic heterocycles. The molecule has 0 heterocycles. The molecule has 4 N–H and O–H groups in total. The van der Waals surface area contributed by atoms with Gasteiger partial charge < -0.3 is 9.05 Å². The van der Waals surface area contributed by atoms with Crippen LogP contribution in [0.3, 0.4) is 0 Å². The zero-order chi connectivity index (χ0) is 31.4. The van der Waals surface area contributed by atoms with Crippen LogP contribution >= 0.6 is 15.6 Å². The molecular formula is C30H49KO8P2. The Labute approximate surface area is 288 Å². The second-order valence-electron chi connectivity index (χ2n) is 14.8. The standard InChI is InChI=1S/C30H48O8P2.K.H/c1-18(21-14-19(27(2,3)4)16-23(29(8,9)10)25(21)37-39(31,32)33)22-15-20(28(5,6)7)17-24(30(11,12)13)26(22)38-40(34,35)36;;/h14-18H,1-13H3,(H2,31,32,33)(H2,34,35,36);;. The molecule has 0 unspecified atom stereocenters. The summed E-state index contributed by atoms with van der Waals surface area (Å²) in [4.78, 5) is 39.7. The average Bonchev–Trinajstić information content (AvgIpc) is 2.67. The van der Waals surface area contributed by atoms with Gasteiger partial charge in [0.1, 0.15) is 11.5 Å². The molecule has 0 aliphatic rings. The molecule has 2 aromatic carbocycles. The summed E-state index contributed by atoms with van der Waals surface area (Å²) in [7, 11) is -9.94. The van der Waals surface area contributed by atoms with Crippen LogP contribution in [0.15, 0.2) is 24.3 Å². The van der Waals surface area contributed by atoms with Crippen molar-refractivity contribution in [3.63, 3.8) is 0 Å². The molecule has 0 atom stereocenters. The van der Waals surface area contributed by atoms with Gasteiger partial charge in [0.05, 0.1) is 0 Å². The van der Waals surface area contributed by atoms with Gasteiger partial charge >= 0.3 is 67.0 Å². The molecule has 0 radical (unpaired) electrons. The molecule has 0 fully saturated rings. The summed E-state index contributed by atoms with van der Waals surface area (Å²) >= 11 is 0. The SMILES string of the molecule is CC(c1cc(C(C)(C)C)cc(C(C)(C)C)c1OP(=O)(O)O)c1cc(C(C)(C)C)cc(C(C)(C)C)c1OP(=O)(O)O.[KH]. The maximum absolute atomic E-state index is 12.2. The number of hydrogen-bond acceptors (Lipinski definition) is 4. The van der Waals surface area contributed by atoms with Crippen molar-refractivity contribution < 1.29 is 37.8 Å². The van der Waals surface area contributed by atoms with Crippen molar-refractivity contribution in [2.24, 2.45) is 0 Å². The predicted octanol–water partition coefficient (Wildman–Crippen LogP) is 7.32. The Balaban J connectivity index is 0.00000840. The van der Waals surface area contributed by atoms with E-state index in [4.69, 9.17) is 9.05 Å². The third kappa shape index (κ3) is 10.5. The van der Waals surface area contributed by atoms with Crippen LogP contribution < -0.4 is 9.05 Å². The van der Waals surface area contributed by atoms with Crippen molar-refractivity contribution in [1.82, 2.24) is 0 Å². The molecule has 2 rings (SSSR count). The summed E-state index contributed by atoms with van der Waals surface area (Å²) < 4.78 is 35.3. The fourth-order valence-corrected chi connectivity index (χ4v) is 5.42. The van der Waals surface area contributed by atoms with Crippen LogP contribution in [-0.4, -0.2) is 71.0 Å². The number of rotatable bonds is 6. The Hall–Kier alpha value is -0.0236. The molecule has 0 amide bonds. The second kappa shape index (κ2) is 12.8. The summed E-state index contributed by atoms with van der Waals surface area (Å²) in [6.45, 7) is 25.8. The number of benzene rings is 2. The van der Waals surface area contributed by atoms with Gasteiger partial charge in [-0.25, -0.2) is 9.13 Å². The van der Waals surface area contributed by atoms with E-state index < -0.39 is 32.4 Å². The zero-order valence-corrected chi connectivity index (χ0v) is 28.0. The van der Waals surface area contributed by atoms with Gasteiger partial charge in [0.15, 0.2) is 0 Å². The molecule has 11 heteroatoms. The topological polar surface area (TPSA) is 134 Å². The molecular weight excluding hydrogens is 589 g/mol. The first-order chi connectivity index (χ1) is 17.5. The van der Waals surface area contributed by atoms with E-state index in [1.807, 2.05) is 114 Å². The molecule has 2 aromatic rings. The summed E-state index contributed by atoms with van der Waals surface area (Å²) in [5.74, 6) is -0.515. The van der Waals surface area contributed by atoms with Gasteiger partial charge in [-0.2, -0.15) is 0 Å². The Bertz CT molecular complexity index is 1240. The van der Waals surface area contributed by atoms with E-state index in [1.54, 1.807) is 0 Å². The molecule has 0 saturated heterocycles. The van der Waals surface area contributed by atoms with Crippen LogP contribution in [0, 0.1) is 0 Å². The van der Waals surface area contributed by atoms with Gasteiger partial charge in [0, 0.05) is 28.2 Å². The van der Waals surface area contributed by atoms with Crippen LogP contribution in [0.1, 0.15) is 129 Å². The van der Waals surface area contributed by atoms with E-state index in [0.717, 1.165) is 11.1 Å². The van der Waals surface area contributed by atoms with E-state index in [2.05, 4.69) is 0 Å². The van der Waals surface area contributed by atoms with Gasteiger partial charge in [0.2, 0.25) is 0 Å². The monoisotopic (exact) mass is 638 g/mol. The fourth-order valence-electron chi connectivity index (χ4n) is 4.54. The van der Waals surface area contributed by atoms with E-state index >= 15 is 0 Å². The Kier molecular flexibility index (Phi) is 12.1. The Morgan fingerprint density at radius 3 is 1.02 bits per heavy atom. The van der Waals surface area contributed by atoms with Crippen LogP contribution in [0.2, 0.25) is 0 Å². The third-order valence-electron chi connectivity index (χ3n) is 6.94. The first-order valence-corrected chi connectivity index (χ1v) is 16.5. The minimum absolute atomic E-state index is 0. The molecule has 0 bridgehead atoms. The van der Waals surface area contributed by atoms with E-state index in [9.17, 15) is 28.7 Å². The predicted molar refractivity (Wildman–Crippen MR) is 168 cm³/mol. The van der Waals surface area contributed by atoms with E-state index in [0.29, 0.717) is 22.3 Å². The first kappa shape index (κ1) is 39.0. The molecule has 41 heavy (non-hydrogen) atoms. The molecule has 0 saturated carbocycles. The maximum atomic E-state index is 12.2. The van der Waals surface area contributed by atoms with Crippen molar-refractivity contribution in [1.29, 1.82) is 0 Å². The van der Waals surface area contributed by atoms with Gasteiger partial charge in [-0.15, -0.1) is 0 Å². The molecule has 0 aliphatic carbocycles. The van der Waals surface area contributed by atoms with Crippen molar-refractivity contribution >= 4 is 67.0 Å². The summed E-state index contributed by atoms with van der Waals surface area (Å²) in [5, 5.41) is 0. The van der Waals surface area contributed by atoms with Crippen LogP contribution in [0.5, 0.6) is 11.5 Å². The van der Waals surface area contributed by atoms with Gasteiger partial charge in [-0.1, -0.05) is 114 Å². The number of hydrogen-bond donors (Lipinski definition) is 4. The van der Waals surface area contributed by atoms with Crippen LogP contribution in [0.25, 0.3) is 0 Å². The first-order valence-electron chi connectivity index (χ1n) is 13.4. The van der Waals surface area contributed by atoms with Gasteiger partial charge in [-0.05, 0) is 32.8 Å². The number of phosphoric ester groups is 2. The van der Waals surface area contributed by atoms with Gasteiger partial charge in [-0.3, -0.25) is 19.6 Å². The molecule has 0 aromatic heterocycles. The minimum atomic E-state index is -4.97. The number of phosphoric acid groups is 2. The van der Waals surface area contributed by atoms with E-state index in [-0.39, 0.29) is 73.7 Å². The second-order valence-corrected chi connectivity index (χ2v) is 17.1. The zero-order valence-electron chi connectivity index (χ0n) is 26.2. The molecule has 0 spiro atoms. The summed E-state index contributed by atoms with van der Waals surface area (Å²) in [5.41, 5.74) is 2.34. The Morgan fingerprint density at radius 2 is 0.829 bits per heavy atom. The summed E-state index contributed by atoms with van der Waals surface area (Å²) in [6, 6.07) is 7.57. The molecule has 8 nitrogen and oxygen atoms in total. The van der Waals surface area contributed by atoms with Crippen molar-refractivity contribution in [2.75, 3.05) is 0 Å². The third-order valence-corrected chi connectivity index (χ3v) is 7.78. The van der Waals surface area contributed by atoms with Crippen molar-refractivity contribution in [3.05, 3.63) is 57.6 Å². The van der Waals surface area contributed by atoms with E-state index in [1.165, 1.54) is 0 Å². The van der Waals surface area contributed by atoms with Crippen LogP contribution in [-0.2, 0) is 30.8 Å². The normalized spacial score (nSPS) is 13.7. The van der Waals surface area contributed by atoms with Crippen LogP contribution in [0.4, 0.5) is 0 Å². The fraction of sp³-hybridized carbons (Fsp3) is 0.600. The van der Waals surface area contributed by atoms with Crippen molar-refractivity contribution in [2.45, 2.75) is 118 Å². The average molecular weight is 639 g/mol. The Morgan fingerprint density at radius 1 is 0.561 bits per heavy atom. The summed E-state index contributed by atoms with van der Waals surface area (Å²) in [6.07, 6.45) is 0. The van der Waals surface area contributed by atoms with Crippen molar-refractivity contribution in [3.8, 4) is 11.5 Å².